The molecule has 2 aromatic heterocycles. The first-order chi connectivity index (χ1) is 27.8. The zero-order valence-corrected chi connectivity index (χ0v) is 30.7. The predicted molar refractivity (Wildman–Crippen MR) is 235 cm³/mol. The summed E-state index contributed by atoms with van der Waals surface area (Å²) in [7, 11) is 0. The van der Waals surface area contributed by atoms with Crippen LogP contribution in [0.25, 0.3) is 72.2 Å². The SMILES string of the molecule is c1ccc(-c2nn3c(-c4ccccc4)cc4c(-c5ccc(-c6ccc(N(c7ccccc7)c7ccccc7)cc6)cc5)cccc4c3c2-c2ccccc2)cc1. The minimum absolute atomic E-state index is 0.970. The molecule has 0 aliphatic carbocycles. The van der Waals surface area contributed by atoms with Crippen LogP contribution in [0.15, 0.2) is 224 Å². The van der Waals surface area contributed by atoms with Crippen molar-refractivity contribution in [2.24, 2.45) is 0 Å². The molecule has 264 valence electrons. The zero-order valence-electron chi connectivity index (χ0n) is 30.7. The fourth-order valence-corrected chi connectivity index (χ4v) is 7.96. The van der Waals surface area contributed by atoms with Gasteiger partial charge in [0.05, 0.1) is 11.2 Å². The number of pyridine rings is 1. The van der Waals surface area contributed by atoms with Crippen LogP contribution >= 0.6 is 0 Å². The maximum atomic E-state index is 5.40. The molecule has 3 heteroatoms. The summed E-state index contributed by atoms with van der Waals surface area (Å²) in [5.41, 5.74) is 15.7. The van der Waals surface area contributed by atoms with Gasteiger partial charge in [-0.2, -0.15) is 5.10 Å². The summed E-state index contributed by atoms with van der Waals surface area (Å²) < 4.78 is 2.16. The molecule has 0 radical (unpaired) electrons. The molecule has 10 aromatic rings. The molecule has 3 nitrogen and oxygen atoms in total. The molecule has 0 aliphatic rings. The fourth-order valence-electron chi connectivity index (χ4n) is 7.96. The largest absolute Gasteiger partial charge is 0.311 e. The van der Waals surface area contributed by atoms with E-state index in [9.17, 15) is 0 Å². The van der Waals surface area contributed by atoms with E-state index in [2.05, 4.69) is 234 Å². The molecule has 0 saturated heterocycles. The summed E-state index contributed by atoms with van der Waals surface area (Å²) in [5, 5.41) is 7.75. The van der Waals surface area contributed by atoms with Crippen LogP contribution in [0.4, 0.5) is 17.1 Å². The van der Waals surface area contributed by atoms with Crippen LogP contribution in [-0.4, -0.2) is 9.61 Å². The number of hydrogen-bond acceptors (Lipinski definition) is 2. The molecule has 10 rings (SSSR count). The molecule has 2 heterocycles. The van der Waals surface area contributed by atoms with E-state index in [0.717, 1.165) is 61.6 Å². The molecule has 0 aliphatic heterocycles. The van der Waals surface area contributed by atoms with Crippen LogP contribution in [0, 0.1) is 0 Å². The number of nitrogens with zero attached hydrogens (tertiary/aromatic N) is 3. The third-order valence-electron chi connectivity index (χ3n) is 10.6. The van der Waals surface area contributed by atoms with E-state index >= 15 is 0 Å². The third-order valence-corrected chi connectivity index (χ3v) is 10.6. The average Bonchev–Trinajstić information content (AvgIpc) is 3.69. The molecule has 56 heavy (non-hydrogen) atoms. The van der Waals surface area contributed by atoms with E-state index in [-0.39, 0.29) is 0 Å². The fraction of sp³-hybridized carbons (Fsp3) is 0. The first kappa shape index (κ1) is 33.1. The lowest BCUT2D eigenvalue weighted by Gasteiger charge is -2.25. The van der Waals surface area contributed by atoms with Gasteiger partial charge < -0.3 is 4.90 Å². The smallest absolute Gasteiger partial charge is 0.101 e. The van der Waals surface area contributed by atoms with Crippen molar-refractivity contribution in [2.75, 3.05) is 4.90 Å². The summed E-state index contributed by atoms with van der Waals surface area (Å²) in [6, 6.07) is 79.8. The van der Waals surface area contributed by atoms with Crippen LogP contribution in [0.1, 0.15) is 0 Å². The Morgan fingerprint density at radius 2 is 0.804 bits per heavy atom. The Morgan fingerprint density at radius 3 is 1.38 bits per heavy atom. The standard InChI is InChI=1S/C53H37N3/c1-6-17-41(18-7-1)50-37-49-47(27-16-28-48(49)53-51(42-19-8-2-9-20-42)52(54-56(50)53)43-21-10-3-11-22-43)40-31-29-38(30-32-40)39-33-35-46(36-34-39)55(44-23-12-4-13-24-44)45-25-14-5-15-26-45/h1-37H. The highest BCUT2D eigenvalue weighted by Gasteiger charge is 2.22. The number of aromatic nitrogens is 2. The number of benzene rings is 8. The average molecular weight is 716 g/mol. The second-order valence-electron chi connectivity index (χ2n) is 14.0. The Kier molecular flexibility index (Phi) is 8.51. The van der Waals surface area contributed by atoms with Crippen LogP contribution in [0.3, 0.4) is 0 Å². The lowest BCUT2D eigenvalue weighted by Crippen LogP contribution is -2.09. The second kappa shape index (κ2) is 14.4. The molecule has 0 atom stereocenters. The second-order valence-corrected chi connectivity index (χ2v) is 14.0. The van der Waals surface area contributed by atoms with Crippen LogP contribution in [0.5, 0.6) is 0 Å². The van der Waals surface area contributed by atoms with Gasteiger partial charge in [0, 0.05) is 39.1 Å². The van der Waals surface area contributed by atoms with Gasteiger partial charge in [-0.1, -0.05) is 182 Å². The monoisotopic (exact) mass is 715 g/mol. The molecular formula is C53H37N3. The maximum absolute atomic E-state index is 5.40. The van der Waals surface area contributed by atoms with Gasteiger partial charge in [0.25, 0.3) is 0 Å². The Balaban J connectivity index is 1.09. The normalized spacial score (nSPS) is 11.2. The highest BCUT2D eigenvalue weighted by molar-refractivity contribution is 6.12. The lowest BCUT2D eigenvalue weighted by molar-refractivity contribution is 0.979. The zero-order chi connectivity index (χ0) is 37.3. The van der Waals surface area contributed by atoms with Crippen molar-refractivity contribution in [2.45, 2.75) is 0 Å². The molecule has 8 aromatic carbocycles. The van der Waals surface area contributed by atoms with Crippen LogP contribution in [0.2, 0.25) is 0 Å². The summed E-state index contributed by atoms with van der Waals surface area (Å²) in [6.45, 7) is 0. The number of fused-ring (bicyclic) bond motifs is 3. The lowest BCUT2D eigenvalue weighted by atomic mass is 9.93. The summed E-state index contributed by atoms with van der Waals surface area (Å²) in [5.74, 6) is 0. The summed E-state index contributed by atoms with van der Waals surface area (Å²) >= 11 is 0. The van der Waals surface area contributed by atoms with E-state index in [0.29, 0.717) is 0 Å². The predicted octanol–water partition coefficient (Wildman–Crippen LogP) is 14.3. The first-order valence-corrected chi connectivity index (χ1v) is 19.1. The molecule has 0 bridgehead atoms. The third kappa shape index (κ3) is 6.02. The van der Waals surface area contributed by atoms with Gasteiger partial charge in [0.15, 0.2) is 0 Å². The van der Waals surface area contributed by atoms with Gasteiger partial charge in [-0.05, 0) is 75.7 Å². The van der Waals surface area contributed by atoms with Crippen molar-refractivity contribution in [1.29, 1.82) is 0 Å². The molecular weight excluding hydrogens is 679 g/mol. The van der Waals surface area contributed by atoms with E-state index in [1.165, 1.54) is 27.6 Å². The molecule has 0 N–H and O–H groups in total. The number of para-hydroxylation sites is 2. The van der Waals surface area contributed by atoms with Crippen LogP contribution < -0.4 is 4.90 Å². The minimum atomic E-state index is 0.970. The number of rotatable bonds is 8. The first-order valence-electron chi connectivity index (χ1n) is 19.1. The molecule has 0 spiro atoms. The molecule has 0 saturated carbocycles. The van der Waals surface area contributed by atoms with Gasteiger partial charge in [0.1, 0.15) is 5.69 Å². The van der Waals surface area contributed by atoms with Crippen molar-refractivity contribution >= 4 is 33.4 Å². The highest BCUT2D eigenvalue weighted by Crippen LogP contribution is 2.43. The maximum Gasteiger partial charge on any atom is 0.101 e. The Hall–Kier alpha value is -7.49. The Morgan fingerprint density at radius 1 is 0.339 bits per heavy atom. The Labute approximate surface area is 327 Å². The van der Waals surface area contributed by atoms with Gasteiger partial charge in [-0.25, -0.2) is 4.52 Å². The van der Waals surface area contributed by atoms with E-state index in [4.69, 9.17) is 5.10 Å². The quantitative estimate of drug-likeness (QED) is 0.156. The summed E-state index contributed by atoms with van der Waals surface area (Å²) in [6.07, 6.45) is 0. The van der Waals surface area contributed by atoms with Crippen molar-refractivity contribution in [3.8, 4) is 55.9 Å². The molecule has 0 unspecified atom stereocenters. The molecule has 0 amide bonds. The topological polar surface area (TPSA) is 20.5 Å². The van der Waals surface area contributed by atoms with E-state index in [1.807, 2.05) is 0 Å². The van der Waals surface area contributed by atoms with Crippen LogP contribution in [-0.2, 0) is 0 Å². The minimum Gasteiger partial charge on any atom is -0.311 e. The van der Waals surface area contributed by atoms with Crippen molar-refractivity contribution in [3.63, 3.8) is 0 Å². The van der Waals surface area contributed by atoms with Gasteiger partial charge in [-0.15, -0.1) is 0 Å². The van der Waals surface area contributed by atoms with E-state index < -0.39 is 0 Å². The van der Waals surface area contributed by atoms with Gasteiger partial charge in [-0.3, -0.25) is 0 Å². The van der Waals surface area contributed by atoms with Crippen molar-refractivity contribution in [1.82, 2.24) is 9.61 Å². The van der Waals surface area contributed by atoms with E-state index in [1.54, 1.807) is 0 Å². The van der Waals surface area contributed by atoms with Crippen molar-refractivity contribution in [3.05, 3.63) is 224 Å². The number of anilines is 3. The highest BCUT2D eigenvalue weighted by atomic mass is 15.2. The van der Waals surface area contributed by atoms with Gasteiger partial charge in [0.2, 0.25) is 0 Å². The summed E-state index contributed by atoms with van der Waals surface area (Å²) in [4.78, 5) is 2.29. The number of hydrogen-bond donors (Lipinski definition) is 0. The van der Waals surface area contributed by atoms with Crippen molar-refractivity contribution < 1.29 is 0 Å². The van der Waals surface area contributed by atoms with Gasteiger partial charge >= 0.3 is 0 Å². The Bertz CT molecular complexity index is 2860. The molecule has 0 fully saturated rings.